The van der Waals surface area contributed by atoms with Crippen LogP contribution in [0.15, 0.2) is 0 Å². The smallest absolute Gasteiger partial charge is 0.241 e. The van der Waals surface area contributed by atoms with Gasteiger partial charge in [-0.05, 0) is 58.1 Å². The van der Waals surface area contributed by atoms with Gasteiger partial charge in [-0.25, -0.2) is 8.42 Å². The number of rotatable bonds is 6. The summed E-state index contributed by atoms with van der Waals surface area (Å²) in [7, 11) is -3.39. The summed E-state index contributed by atoms with van der Waals surface area (Å²) in [4.78, 5) is 24.4. The van der Waals surface area contributed by atoms with E-state index in [0.29, 0.717) is 12.8 Å². The number of sulfone groups is 1. The van der Waals surface area contributed by atoms with E-state index in [1.807, 2.05) is 13.2 Å². The number of hydrogen-bond donors (Lipinski definition) is 2. The molecule has 2 saturated carbocycles. The van der Waals surface area contributed by atoms with Crippen LogP contribution in [0.2, 0.25) is 0 Å². The second kappa shape index (κ2) is 7.64. The highest BCUT2D eigenvalue weighted by atomic mass is 32.2. The molecule has 0 aromatic rings. The highest BCUT2D eigenvalue weighted by Gasteiger charge is 2.53. The molecule has 0 aromatic carbocycles. The van der Waals surface area contributed by atoms with Gasteiger partial charge in [-0.3, -0.25) is 9.59 Å². The molecule has 2 fully saturated rings. The Morgan fingerprint density at radius 3 is 1.96 bits per heavy atom. The molecule has 2 amide bonds. The van der Waals surface area contributed by atoms with Gasteiger partial charge >= 0.3 is 0 Å². The van der Waals surface area contributed by atoms with Gasteiger partial charge in [0.2, 0.25) is 11.8 Å². The standard InChI is InChI=1S/C16H28N2O4S2/c1-11(23-2)14(19)17-12-5-7-13(8-6-12)18-15(20)16(9-4-10-16)24(3,21)22/h11-13H,4-10H2,1-3H3,(H,17,19)(H,18,20). The second-order valence-corrected chi connectivity index (χ2v) is 10.5. The molecule has 0 radical (unpaired) electrons. The van der Waals surface area contributed by atoms with Gasteiger partial charge in [0.1, 0.15) is 4.75 Å². The first-order valence-corrected chi connectivity index (χ1v) is 11.7. The fraction of sp³-hybridized carbons (Fsp3) is 0.875. The first-order chi connectivity index (χ1) is 11.2. The van der Waals surface area contributed by atoms with E-state index in [1.165, 1.54) is 11.8 Å². The maximum atomic E-state index is 12.5. The average molecular weight is 377 g/mol. The maximum absolute atomic E-state index is 12.5. The minimum atomic E-state index is -3.39. The maximum Gasteiger partial charge on any atom is 0.241 e. The lowest BCUT2D eigenvalue weighted by Crippen LogP contribution is -2.59. The van der Waals surface area contributed by atoms with Gasteiger partial charge in [0.15, 0.2) is 9.84 Å². The largest absolute Gasteiger partial charge is 0.352 e. The topological polar surface area (TPSA) is 92.3 Å². The van der Waals surface area contributed by atoms with Crippen LogP contribution in [0.5, 0.6) is 0 Å². The van der Waals surface area contributed by atoms with E-state index in [-0.39, 0.29) is 29.1 Å². The third kappa shape index (κ3) is 4.07. The summed E-state index contributed by atoms with van der Waals surface area (Å²) in [5, 5.41) is 5.93. The average Bonchev–Trinajstić information content (AvgIpc) is 2.45. The van der Waals surface area contributed by atoms with E-state index in [0.717, 1.165) is 38.4 Å². The summed E-state index contributed by atoms with van der Waals surface area (Å²) in [6, 6.07) is 0.149. The van der Waals surface area contributed by atoms with E-state index < -0.39 is 14.6 Å². The van der Waals surface area contributed by atoms with Crippen LogP contribution in [0.3, 0.4) is 0 Å². The summed E-state index contributed by atoms with van der Waals surface area (Å²) >= 11 is 1.52. The molecule has 0 aromatic heterocycles. The van der Waals surface area contributed by atoms with Crippen molar-refractivity contribution in [3.05, 3.63) is 0 Å². The summed E-state index contributed by atoms with van der Waals surface area (Å²) in [6.07, 6.45) is 7.86. The van der Waals surface area contributed by atoms with E-state index >= 15 is 0 Å². The Hall–Kier alpha value is -0.760. The molecule has 2 rings (SSSR count). The van der Waals surface area contributed by atoms with E-state index in [9.17, 15) is 18.0 Å². The number of amides is 2. The van der Waals surface area contributed by atoms with Gasteiger partial charge in [-0.2, -0.15) is 11.8 Å². The molecule has 1 unspecified atom stereocenters. The van der Waals surface area contributed by atoms with Crippen molar-refractivity contribution in [3.63, 3.8) is 0 Å². The third-order valence-electron chi connectivity index (χ3n) is 5.42. The number of carbonyl (C=O) groups excluding carboxylic acids is 2. The predicted molar refractivity (Wildman–Crippen MR) is 96.7 cm³/mol. The van der Waals surface area contributed by atoms with Crippen LogP contribution in [-0.4, -0.2) is 54.8 Å². The minimum absolute atomic E-state index is 0.00264. The highest BCUT2D eigenvalue weighted by Crippen LogP contribution is 2.39. The van der Waals surface area contributed by atoms with Crippen molar-refractivity contribution < 1.29 is 18.0 Å². The highest BCUT2D eigenvalue weighted by molar-refractivity contribution is 7.99. The molecular formula is C16H28N2O4S2. The number of hydrogen-bond acceptors (Lipinski definition) is 5. The third-order valence-corrected chi connectivity index (χ3v) is 8.35. The van der Waals surface area contributed by atoms with Crippen LogP contribution < -0.4 is 10.6 Å². The lowest BCUT2D eigenvalue weighted by molar-refractivity contribution is -0.127. The normalized spacial score (nSPS) is 27.6. The van der Waals surface area contributed by atoms with Crippen LogP contribution in [0.1, 0.15) is 51.9 Å². The Kier molecular flexibility index (Phi) is 6.23. The predicted octanol–water partition coefficient (Wildman–Crippen LogP) is 1.25. The van der Waals surface area contributed by atoms with Gasteiger partial charge in [-0.1, -0.05) is 0 Å². The summed E-state index contributed by atoms with van der Waals surface area (Å²) in [6.45, 7) is 1.88. The first kappa shape index (κ1) is 19.6. The molecule has 1 atom stereocenters. The lowest BCUT2D eigenvalue weighted by atomic mass is 9.82. The molecule has 0 heterocycles. The monoisotopic (exact) mass is 376 g/mol. The van der Waals surface area contributed by atoms with Gasteiger partial charge < -0.3 is 10.6 Å². The summed E-state index contributed by atoms with van der Waals surface area (Å²) in [5.41, 5.74) is 0. The van der Waals surface area contributed by atoms with E-state index in [1.54, 1.807) is 0 Å². The Balaban J connectivity index is 1.83. The molecule has 2 aliphatic carbocycles. The van der Waals surface area contributed by atoms with E-state index in [4.69, 9.17) is 0 Å². The van der Waals surface area contributed by atoms with Gasteiger partial charge in [0.05, 0.1) is 5.25 Å². The fourth-order valence-electron chi connectivity index (χ4n) is 3.39. The number of carbonyl (C=O) groups is 2. The van der Waals surface area contributed by atoms with Crippen molar-refractivity contribution >= 4 is 33.4 Å². The molecule has 24 heavy (non-hydrogen) atoms. The van der Waals surface area contributed by atoms with Crippen LogP contribution in [-0.2, 0) is 19.4 Å². The molecule has 0 bridgehead atoms. The van der Waals surface area contributed by atoms with Gasteiger partial charge in [0, 0.05) is 18.3 Å². The Bertz CT molecular complexity index is 579. The Labute approximate surface area is 148 Å². The number of thioether (sulfide) groups is 1. The number of nitrogens with one attached hydrogen (secondary N) is 2. The van der Waals surface area contributed by atoms with Crippen molar-refractivity contribution in [2.45, 2.75) is 74.0 Å². The van der Waals surface area contributed by atoms with Crippen molar-refractivity contribution in [1.82, 2.24) is 10.6 Å². The zero-order chi connectivity index (χ0) is 18.0. The first-order valence-electron chi connectivity index (χ1n) is 8.53. The zero-order valence-corrected chi connectivity index (χ0v) is 16.3. The van der Waals surface area contributed by atoms with Crippen LogP contribution in [0.25, 0.3) is 0 Å². The molecule has 0 aliphatic heterocycles. The summed E-state index contributed by atoms with van der Waals surface area (Å²) < 4.78 is 22.7. The Morgan fingerprint density at radius 1 is 1.08 bits per heavy atom. The van der Waals surface area contributed by atoms with Gasteiger partial charge in [0.25, 0.3) is 0 Å². The summed E-state index contributed by atoms with van der Waals surface area (Å²) in [5.74, 6) is -0.278. The van der Waals surface area contributed by atoms with Crippen LogP contribution in [0.4, 0.5) is 0 Å². The van der Waals surface area contributed by atoms with Crippen molar-refractivity contribution in [3.8, 4) is 0 Å². The van der Waals surface area contributed by atoms with Crippen molar-refractivity contribution in [2.24, 2.45) is 0 Å². The molecule has 2 aliphatic rings. The van der Waals surface area contributed by atoms with Crippen LogP contribution >= 0.6 is 11.8 Å². The molecule has 6 nitrogen and oxygen atoms in total. The molecular weight excluding hydrogens is 348 g/mol. The minimum Gasteiger partial charge on any atom is -0.352 e. The Morgan fingerprint density at radius 2 is 1.58 bits per heavy atom. The zero-order valence-electron chi connectivity index (χ0n) is 14.6. The quantitative estimate of drug-likeness (QED) is 0.728. The molecule has 2 N–H and O–H groups in total. The molecule has 8 heteroatoms. The van der Waals surface area contributed by atoms with Crippen molar-refractivity contribution in [2.75, 3.05) is 12.5 Å². The van der Waals surface area contributed by atoms with E-state index in [2.05, 4.69) is 10.6 Å². The SMILES string of the molecule is CSC(C)C(=O)NC1CCC(NC(=O)C2(S(C)(=O)=O)CCC2)CC1. The lowest BCUT2D eigenvalue weighted by Gasteiger charge is -2.40. The molecule has 0 saturated heterocycles. The molecule has 138 valence electrons. The fourth-order valence-corrected chi connectivity index (χ4v) is 5.10. The van der Waals surface area contributed by atoms with Crippen molar-refractivity contribution in [1.29, 1.82) is 0 Å². The van der Waals surface area contributed by atoms with Gasteiger partial charge in [-0.15, -0.1) is 0 Å². The van der Waals surface area contributed by atoms with Crippen LogP contribution in [0, 0.1) is 0 Å². The second-order valence-electron chi connectivity index (χ2n) is 7.03. The molecule has 0 spiro atoms.